The molecular formula is C17H17F3N2O4S. The summed E-state index contributed by atoms with van der Waals surface area (Å²) in [4.78, 5) is 16.6. The topological polar surface area (TPSA) is 89.3 Å². The molecule has 1 aromatic carbocycles. The van der Waals surface area contributed by atoms with Crippen LogP contribution in [-0.2, 0) is 22.6 Å². The molecule has 6 nitrogen and oxygen atoms in total. The van der Waals surface area contributed by atoms with Crippen molar-refractivity contribution in [2.45, 2.75) is 25.6 Å². The van der Waals surface area contributed by atoms with Crippen molar-refractivity contribution in [1.82, 2.24) is 9.55 Å². The highest BCUT2D eigenvalue weighted by atomic mass is 32.2. The van der Waals surface area contributed by atoms with Crippen molar-refractivity contribution >= 4 is 9.84 Å². The van der Waals surface area contributed by atoms with Gasteiger partial charge in [0.2, 0.25) is 0 Å². The maximum absolute atomic E-state index is 12.7. The molecule has 1 aliphatic rings. The van der Waals surface area contributed by atoms with E-state index in [1.54, 1.807) is 0 Å². The van der Waals surface area contributed by atoms with Gasteiger partial charge in [-0.1, -0.05) is 0 Å². The van der Waals surface area contributed by atoms with Crippen LogP contribution in [0.4, 0.5) is 13.2 Å². The number of sulfone groups is 1. The molecule has 0 spiro atoms. The maximum Gasteiger partial charge on any atom is 0.416 e. The van der Waals surface area contributed by atoms with Crippen molar-refractivity contribution in [3.05, 3.63) is 46.6 Å². The molecule has 1 fully saturated rings. The third kappa shape index (κ3) is 4.32. The summed E-state index contributed by atoms with van der Waals surface area (Å²) in [6.07, 6.45) is -1.01. The van der Waals surface area contributed by atoms with Crippen LogP contribution in [0.3, 0.4) is 0 Å². The molecular weight excluding hydrogens is 385 g/mol. The largest absolute Gasteiger partial charge is 0.507 e. The van der Waals surface area contributed by atoms with Gasteiger partial charge in [-0.25, -0.2) is 13.4 Å². The van der Waals surface area contributed by atoms with Crippen molar-refractivity contribution in [3.8, 4) is 16.9 Å². The molecule has 1 unspecified atom stereocenters. The Hall–Kier alpha value is -2.36. The van der Waals surface area contributed by atoms with Gasteiger partial charge < -0.3 is 5.11 Å². The summed E-state index contributed by atoms with van der Waals surface area (Å²) in [6, 6.07) is 2.35. The lowest BCUT2D eigenvalue weighted by atomic mass is 10.0. The molecule has 0 bridgehead atoms. The Morgan fingerprint density at radius 1 is 1.26 bits per heavy atom. The molecule has 1 saturated heterocycles. The number of aromatic nitrogens is 2. The van der Waals surface area contributed by atoms with Gasteiger partial charge in [0.1, 0.15) is 5.75 Å². The van der Waals surface area contributed by atoms with Crippen LogP contribution in [0.2, 0.25) is 0 Å². The number of nitrogens with zero attached hydrogens (tertiary/aromatic N) is 2. The third-order valence-corrected chi connectivity index (χ3v) is 6.42. The van der Waals surface area contributed by atoms with Gasteiger partial charge in [-0.2, -0.15) is 13.2 Å². The van der Waals surface area contributed by atoms with E-state index >= 15 is 0 Å². The lowest BCUT2D eigenvalue weighted by Gasteiger charge is -2.22. The van der Waals surface area contributed by atoms with E-state index in [2.05, 4.69) is 4.98 Å². The van der Waals surface area contributed by atoms with Gasteiger partial charge in [-0.3, -0.25) is 9.36 Å². The van der Waals surface area contributed by atoms with Crippen molar-refractivity contribution < 1.29 is 26.7 Å². The Bertz CT molecular complexity index is 1020. The summed E-state index contributed by atoms with van der Waals surface area (Å²) in [7, 11) is -3.13. The van der Waals surface area contributed by atoms with E-state index in [9.17, 15) is 31.5 Å². The number of hydrogen-bond donors (Lipinski definition) is 1. The zero-order valence-electron chi connectivity index (χ0n) is 14.1. The lowest BCUT2D eigenvalue weighted by Crippen LogP contribution is -2.32. The number of alkyl halides is 3. The zero-order chi connectivity index (χ0) is 19.8. The van der Waals surface area contributed by atoms with Crippen LogP contribution in [-0.4, -0.2) is 34.6 Å². The fourth-order valence-electron chi connectivity index (χ4n) is 3.24. The van der Waals surface area contributed by atoms with Crippen molar-refractivity contribution in [1.29, 1.82) is 0 Å². The highest BCUT2D eigenvalue weighted by Crippen LogP contribution is 2.35. The van der Waals surface area contributed by atoms with E-state index in [0.717, 1.165) is 12.1 Å². The van der Waals surface area contributed by atoms with E-state index in [-0.39, 0.29) is 35.1 Å². The Morgan fingerprint density at radius 3 is 2.63 bits per heavy atom. The summed E-state index contributed by atoms with van der Waals surface area (Å²) in [5, 5.41) is 9.96. The molecule has 0 amide bonds. The van der Waals surface area contributed by atoms with Crippen molar-refractivity contribution in [2.24, 2.45) is 5.92 Å². The number of halogens is 3. The van der Waals surface area contributed by atoms with Gasteiger partial charge in [0.05, 0.1) is 29.0 Å². The van der Waals surface area contributed by atoms with Gasteiger partial charge in [0.15, 0.2) is 9.84 Å². The molecule has 0 radical (unpaired) electrons. The number of aromatic hydroxyl groups is 1. The highest BCUT2D eigenvalue weighted by Gasteiger charge is 2.31. The minimum absolute atomic E-state index is 0.0187. The molecule has 1 aliphatic heterocycles. The van der Waals surface area contributed by atoms with E-state index in [1.165, 1.54) is 17.1 Å². The molecule has 2 aromatic rings. The number of hydrogen-bond acceptors (Lipinski definition) is 5. The molecule has 1 N–H and O–H groups in total. The summed E-state index contributed by atoms with van der Waals surface area (Å²) in [6.45, 7) is 0.139. The summed E-state index contributed by atoms with van der Waals surface area (Å²) in [5.41, 5.74) is -1.70. The van der Waals surface area contributed by atoms with E-state index < -0.39 is 32.9 Å². The molecule has 2 heterocycles. The first-order chi connectivity index (χ1) is 12.6. The average Bonchev–Trinajstić information content (AvgIpc) is 2.55. The van der Waals surface area contributed by atoms with E-state index in [4.69, 9.17) is 0 Å². The first-order valence-corrected chi connectivity index (χ1v) is 10.0. The van der Waals surface area contributed by atoms with Crippen molar-refractivity contribution in [3.63, 3.8) is 0 Å². The summed E-state index contributed by atoms with van der Waals surface area (Å²) < 4.78 is 62.9. The Morgan fingerprint density at radius 2 is 2.00 bits per heavy atom. The number of rotatable bonds is 3. The fraction of sp³-hybridized carbons (Fsp3) is 0.412. The van der Waals surface area contributed by atoms with Crippen molar-refractivity contribution in [2.75, 3.05) is 11.5 Å². The smallest absolute Gasteiger partial charge is 0.416 e. The first-order valence-electron chi connectivity index (χ1n) is 8.22. The highest BCUT2D eigenvalue weighted by molar-refractivity contribution is 7.91. The van der Waals surface area contributed by atoms with E-state index in [0.29, 0.717) is 18.9 Å². The monoisotopic (exact) mass is 402 g/mol. The minimum Gasteiger partial charge on any atom is -0.507 e. The lowest BCUT2D eigenvalue weighted by molar-refractivity contribution is -0.137. The van der Waals surface area contributed by atoms with Crippen LogP contribution in [0.15, 0.2) is 35.5 Å². The van der Waals surface area contributed by atoms with Crippen LogP contribution < -0.4 is 5.56 Å². The van der Waals surface area contributed by atoms with Crippen LogP contribution in [0.1, 0.15) is 18.4 Å². The SMILES string of the molecule is O=c1c(-c2ccc(C(F)(F)F)cc2O)cncn1CC1CCCS(=O)(=O)C1. The molecule has 1 atom stereocenters. The quantitative estimate of drug-likeness (QED) is 0.852. The van der Waals surface area contributed by atoms with E-state index in [1.807, 2.05) is 0 Å². The summed E-state index contributed by atoms with van der Waals surface area (Å²) in [5.74, 6) is -0.799. The number of benzene rings is 1. The molecule has 1 aromatic heterocycles. The fourth-order valence-corrected chi connectivity index (χ4v) is 5.00. The maximum atomic E-state index is 12.7. The second kappa shape index (κ2) is 6.99. The predicted molar refractivity (Wildman–Crippen MR) is 92.0 cm³/mol. The van der Waals surface area contributed by atoms with Gasteiger partial charge in [-0.05, 0) is 37.0 Å². The standard InChI is InChI=1S/C17H17F3N2O4S/c18-17(19,20)12-3-4-13(15(23)6-12)14-7-21-10-22(16(14)24)8-11-2-1-5-27(25,26)9-11/h3-4,6-7,10-11,23H,1-2,5,8-9H2. The second-order valence-corrected chi connectivity index (χ2v) is 8.85. The van der Waals surface area contributed by atoms with Gasteiger partial charge >= 0.3 is 6.18 Å². The van der Waals surface area contributed by atoms with Crippen LogP contribution >= 0.6 is 0 Å². The average molecular weight is 402 g/mol. The second-order valence-electron chi connectivity index (χ2n) is 6.62. The minimum atomic E-state index is -4.61. The Labute approximate surface area is 153 Å². The van der Waals surface area contributed by atoms with Gasteiger partial charge in [0, 0.05) is 18.3 Å². The van der Waals surface area contributed by atoms with Gasteiger partial charge in [0.25, 0.3) is 5.56 Å². The molecule has 0 saturated carbocycles. The molecule has 10 heteroatoms. The molecule has 3 rings (SSSR count). The van der Waals surface area contributed by atoms with Crippen LogP contribution in [0, 0.1) is 5.92 Å². The Balaban J connectivity index is 1.93. The Kier molecular flexibility index (Phi) is 5.02. The zero-order valence-corrected chi connectivity index (χ0v) is 14.9. The number of phenolic OH excluding ortho intramolecular Hbond substituents is 1. The van der Waals surface area contributed by atoms with Crippen LogP contribution in [0.5, 0.6) is 5.75 Å². The van der Waals surface area contributed by atoms with Crippen LogP contribution in [0.25, 0.3) is 11.1 Å². The first kappa shape index (κ1) is 19.4. The van der Waals surface area contributed by atoms with Gasteiger partial charge in [-0.15, -0.1) is 0 Å². The third-order valence-electron chi connectivity index (χ3n) is 4.53. The summed E-state index contributed by atoms with van der Waals surface area (Å²) >= 11 is 0. The molecule has 146 valence electrons. The number of phenols is 1. The predicted octanol–water partition coefficient (Wildman–Crippen LogP) is 2.46. The normalized spacial score (nSPS) is 19.7. The molecule has 0 aliphatic carbocycles. The molecule has 27 heavy (non-hydrogen) atoms.